The van der Waals surface area contributed by atoms with Crippen molar-refractivity contribution in [3.63, 3.8) is 0 Å². The quantitative estimate of drug-likeness (QED) is 0.775. The fraction of sp³-hybridized carbons (Fsp3) is 0.467. The minimum Gasteiger partial charge on any atom is -0.334 e. The van der Waals surface area contributed by atoms with Crippen LogP contribution in [0.2, 0.25) is 0 Å². The molecular weight excluding hydrogens is 238 g/mol. The molecule has 0 saturated heterocycles. The monoisotopic (exact) mass is 259 g/mol. The van der Waals surface area contributed by atoms with Crippen molar-refractivity contribution in [1.82, 2.24) is 15.5 Å². The zero-order chi connectivity index (χ0) is 13.5. The summed E-state index contributed by atoms with van der Waals surface area (Å²) in [5, 5.41) is 7.32. The third-order valence-electron chi connectivity index (χ3n) is 2.97. The maximum Gasteiger partial charge on any atom is 0.257 e. The van der Waals surface area contributed by atoms with Crippen LogP contribution in [-0.2, 0) is 6.54 Å². The SMILES string of the molecule is CCCCCNCc1noc(-c2cccc(C)c2)n1. The Morgan fingerprint density at radius 2 is 2.16 bits per heavy atom. The van der Waals surface area contributed by atoms with Crippen molar-refractivity contribution < 1.29 is 4.52 Å². The molecule has 0 fully saturated rings. The van der Waals surface area contributed by atoms with Crippen molar-refractivity contribution in [3.05, 3.63) is 35.7 Å². The molecule has 0 aliphatic carbocycles. The van der Waals surface area contributed by atoms with Gasteiger partial charge in [0.05, 0.1) is 6.54 Å². The van der Waals surface area contributed by atoms with Gasteiger partial charge in [0.1, 0.15) is 0 Å². The maximum atomic E-state index is 5.28. The lowest BCUT2D eigenvalue weighted by Gasteiger charge is -1.99. The third kappa shape index (κ3) is 4.17. The molecule has 2 rings (SSSR count). The number of aromatic nitrogens is 2. The summed E-state index contributed by atoms with van der Waals surface area (Å²) in [7, 11) is 0. The van der Waals surface area contributed by atoms with Crippen molar-refractivity contribution in [2.75, 3.05) is 6.54 Å². The Labute approximate surface area is 114 Å². The highest BCUT2D eigenvalue weighted by molar-refractivity contribution is 5.53. The lowest BCUT2D eigenvalue weighted by molar-refractivity contribution is 0.419. The third-order valence-corrected chi connectivity index (χ3v) is 2.97. The van der Waals surface area contributed by atoms with E-state index in [4.69, 9.17) is 4.52 Å². The molecule has 1 N–H and O–H groups in total. The van der Waals surface area contributed by atoms with Gasteiger partial charge in [-0.2, -0.15) is 4.98 Å². The van der Waals surface area contributed by atoms with E-state index >= 15 is 0 Å². The van der Waals surface area contributed by atoms with E-state index in [1.165, 1.54) is 24.8 Å². The van der Waals surface area contributed by atoms with Gasteiger partial charge in [-0.15, -0.1) is 0 Å². The van der Waals surface area contributed by atoms with Gasteiger partial charge in [-0.3, -0.25) is 0 Å². The van der Waals surface area contributed by atoms with Crippen LogP contribution in [0.4, 0.5) is 0 Å². The fourth-order valence-electron chi connectivity index (χ4n) is 1.92. The normalized spacial score (nSPS) is 10.8. The van der Waals surface area contributed by atoms with Crippen molar-refractivity contribution >= 4 is 0 Å². The minimum absolute atomic E-state index is 0.592. The van der Waals surface area contributed by atoms with Crippen LogP contribution in [0.5, 0.6) is 0 Å². The van der Waals surface area contributed by atoms with Crippen molar-refractivity contribution in [3.8, 4) is 11.5 Å². The van der Waals surface area contributed by atoms with E-state index in [1.807, 2.05) is 18.2 Å². The van der Waals surface area contributed by atoms with Crippen LogP contribution in [0.25, 0.3) is 11.5 Å². The van der Waals surface area contributed by atoms with Crippen LogP contribution in [0.15, 0.2) is 28.8 Å². The van der Waals surface area contributed by atoms with E-state index in [-0.39, 0.29) is 0 Å². The molecule has 0 unspecified atom stereocenters. The van der Waals surface area contributed by atoms with Crippen LogP contribution >= 0.6 is 0 Å². The van der Waals surface area contributed by atoms with Gasteiger partial charge in [-0.1, -0.05) is 42.6 Å². The van der Waals surface area contributed by atoms with Gasteiger partial charge in [-0.25, -0.2) is 0 Å². The van der Waals surface area contributed by atoms with E-state index in [2.05, 4.69) is 35.4 Å². The van der Waals surface area contributed by atoms with E-state index < -0.39 is 0 Å². The van der Waals surface area contributed by atoms with E-state index in [1.54, 1.807) is 0 Å². The molecule has 102 valence electrons. The number of unbranched alkanes of at least 4 members (excludes halogenated alkanes) is 2. The second-order valence-electron chi connectivity index (χ2n) is 4.77. The number of nitrogens with one attached hydrogen (secondary N) is 1. The average molecular weight is 259 g/mol. The molecule has 0 aliphatic heterocycles. The number of benzene rings is 1. The Balaban J connectivity index is 1.88. The molecule has 1 aromatic carbocycles. The Bertz CT molecular complexity index is 508. The molecule has 0 spiro atoms. The molecule has 4 heteroatoms. The highest BCUT2D eigenvalue weighted by Gasteiger charge is 2.08. The summed E-state index contributed by atoms with van der Waals surface area (Å²) in [5.41, 5.74) is 2.17. The van der Waals surface area contributed by atoms with E-state index in [9.17, 15) is 0 Å². The van der Waals surface area contributed by atoms with Crippen LogP contribution in [0, 0.1) is 6.92 Å². The van der Waals surface area contributed by atoms with Gasteiger partial charge in [0.15, 0.2) is 5.82 Å². The number of hydrogen-bond donors (Lipinski definition) is 1. The molecule has 0 radical (unpaired) electrons. The zero-order valence-corrected chi connectivity index (χ0v) is 11.6. The minimum atomic E-state index is 0.592. The van der Waals surface area contributed by atoms with Gasteiger partial charge >= 0.3 is 0 Å². The van der Waals surface area contributed by atoms with Crippen LogP contribution in [0.1, 0.15) is 37.6 Å². The molecule has 19 heavy (non-hydrogen) atoms. The Morgan fingerprint density at radius 3 is 2.95 bits per heavy atom. The highest BCUT2D eigenvalue weighted by atomic mass is 16.5. The highest BCUT2D eigenvalue weighted by Crippen LogP contribution is 2.17. The number of aryl methyl sites for hydroxylation is 1. The standard InChI is InChI=1S/C15H21N3O/c1-3-4-5-9-16-11-14-17-15(19-18-14)13-8-6-7-12(2)10-13/h6-8,10,16H,3-5,9,11H2,1-2H3. The molecule has 1 aromatic heterocycles. The average Bonchev–Trinajstić information content (AvgIpc) is 2.87. The summed E-state index contributed by atoms with van der Waals surface area (Å²) in [6, 6.07) is 8.08. The summed E-state index contributed by atoms with van der Waals surface area (Å²) in [5.74, 6) is 1.31. The first-order valence-electron chi connectivity index (χ1n) is 6.90. The summed E-state index contributed by atoms with van der Waals surface area (Å²) in [6.07, 6.45) is 3.69. The fourth-order valence-corrected chi connectivity index (χ4v) is 1.92. The lowest BCUT2D eigenvalue weighted by atomic mass is 10.1. The van der Waals surface area contributed by atoms with Gasteiger partial charge in [0.2, 0.25) is 0 Å². The number of nitrogens with zero attached hydrogens (tertiary/aromatic N) is 2. The molecule has 0 atom stereocenters. The van der Waals surface area contributed by atoms with Gasteiger partial charge in [0, 0.05) is 5.56 Å². The Morgan fingerprint density at radius 1 is 1.26 bits per heavy atom. The Kier molecular flexibility index (Phi) is 5.10. The summed E-state index contributed by atoms with van der Waals surface area (Å²) in [4.78, 5) is 4.40. The van der Waals surface area contributed by atoms with Crippen molar-refractivity contribution in [1.29, 1.82) is 0 Å². The lowest BCUT2D eigenvalue weighted by Crippen LogP contribution is -2.15. The topological polar surface area (TPSA) is 51.0 Å². The second kappa shape index (κ2) is 7.04. The molecule has 0 bridgehead atoms. The predicted molar refractivity (Wildman–Crippen MR) is 75.7 cm³/mol. The van der Waals surface area contributed by atoms with Crippen LogP contribution in [0.3, 0.4) is 0 Å². The van der Waals surface area contributed by atoms with Crippen molar-refractivity contribution in [2.45, 2.75) is 39.7 Å². The van der Waals surface area contributed by atoms with Gasteiger partial charge in [0.25, 0.3) is 5.89 Å². The summed E-state index contributed by atoms with van der Waals surface area (Å²) < 4.78 is 5.28. The van der Waals surface area contributed by atoms with E-state index in [0.29, 0.717) is 18.3 Å². The first kappa shape index (κ1) is 13.7. The summed E-state index contributed by atoms with van der Waals surface area (Å²) in [6.45, 7) is 5.92. The maximum absolute atomic E-state index is 5.28. The molecular formula is C15H21N3O. The number of hydrogen-bond acceptors (Lipinski definition) is 4. The predicted octanol–water partition coefficient (Wildman–Crippen LogP) is 3.32. The first-order chi connectivity index (χ1) is 9.29. The molecule has 0 amide bonds. The van der Waals surface area contributed by atoms with Crippen LogP contribution < -0.4 is 5.32 Å². The van der Waals surface area contributed by atoms with Gasteiger partial charge < -0.3 is 9.84 Å². The molecule has 0 saturated carbocycles. The first-order valence-corrected chi connectivity index (χ1v) is 6.90. The molecule has 1 heterocycles. The second-order valence-corrected chi connectivity index (χ2v) is 4.77. The number of rotatable bonds is 7. The molecule has 4 nitrogen and oxygen atoms in total. The zero-order valence-electron chi connectivity index (χ0n) is 11.6. The van der Waals surface area contributed by atoms with Crippen LogP contribution in [-0.4, -0.2) is 16.7 Å². The summed E-state index contributed by atoms with van der Waals surface area (Å²) >= 11 is 0. The van der Waals surface area contributed by atoms with Gasteiger partial charge in [-0.05, 0) is 32.0 Å². The largest absolute Gasteiger partial charge is 0.334 e. The molecule has 0 aliphatic rings. The van der Waals surface area contributed by atoms with Crippen molar-refractivity contribution in [2.24, 2.45) is 0 Å². The molecule has 2 aromatic rings. The Hall–Kier alpha value is -1.68. The van der Waals surface area contributed by atoms with E-state index in [0.717, 1.165) is 12.1 Å². The smallest absolute Gasteiger partial charge is 0.257 e.